The second-order valence-electron chi connectivity index (χ2n) is 4.20. The summed E-state index contributed by atoms with van der Waals surface area (Å²) in [6.07, 6.45) is 5.48. The number of rotatable bonds is 8. The minimum absolute atomic E-state index is 0.599. The molecule has 0 aromatic rings. The van der Waals surface area contributed by atoms with E-state index in [1.165, 1.54) is 12.8 Å². The van der Waals surface area contributed by atoms with E-state index in [2.05, 4.69) is 44.7 Å². The molecule has 2 heteroatoms. The van der Waals surface area contributed by atoms with E-state index in [4.69, 9.17) is 0 Å². The molecule has 0 rings (SSSR count). The summed E-state index contributed by atoms with van der Waals surface area (Å²) in [4.78, 5) is 2.28. The van der Waals surface area contributed by atoms with Crippen LogP contribution in [0.4, 0.5) is 0 Å². The molecule has 0 bridgehead atoms. The third-order valence-corrected chi connectivity index (χ3v) is 2.71. The van der Waals surface area contributed by atoms with Crippen LogP contribution in [0.25, 0.3) is 0 Å². The summed E-state index contributed by atoms with van der Waals surface area (Å²) < 4.78 is 0. The Labute approximate surface area is 89.4 Å². The smallest absolute Gasteiger partial charge is 0.0212 e. The first-order valence-corrected chi connectivity index (χ1v) is 5.62. The highest BCUT2D eigenvalue weighted by Crippen LogP contribution is 2.00. The molecule has 84 valence electrons. The van der Waals surface area contributed by atoms with Gasteiger partial charge < -0.3 is 10.2 Å². The molecule has 2 atom stereocenters. The average Bonchev–Trinajstić information content (AvgIpc) is 2.15. The lowest BCUT2D eigenvalue weighted by molar-refractivity contribution is 0.268. The van der Waals surface area contributed by atoms with Gasteiger partial charge in [-0.25, -0.2) is 0 Å². The first kappa shape index (κ1) is 13.7. The number of nitrogens with one attached hydrogen (secondary N) is 1. The third kappa shape index (κ3) is 6.17. The van der Waals surface area contributed by atoms with Crippen LogP contribution in [0.3, 0.4) is 0 Å². The van der Waals surface area contributed by atoms with Gasteiger partial charge in [0.25, 0.3) is 0 Å². The van der Waals surface area contributed by atoms with Crippen LogP contribution < -0.4 is 5.32 Å². The molecule has 0 spiro atoms. The summed E-state index contributed by atoms with van der Waals surface area (Å²) in [5.74, 6) is 0. The van der Waals surface area contributed by atoms with Crippen molar-refractivity contribution in [1.82, 2.24) is 10.2 Å². The molecule has 0 aliphatic carbocycles. The summed E-state index contributed by atoms with van der Waals surface area (Å²) in [6.45, 7) is 9.30. The first-order valence-electron chi connectivity index (χ1n) is 5.62. The van der Waals surface area contributed by atoms with E-state index in [0.29, 0.717) is 12.1 Å². The Hall–Kier alpha value is -0.340. The van der Waals surface area contributed by atoms with Gasteiger partial charge in [-0.05, 0) is 40.3 Å². The minimum Gasteiger partial charge on any atom is -0.313 e. The molecule has 0 heterocycles. The molecule has 0 radical (unpaired) electrons. The Morgan fingerprint density at radius 1 is 1.43 bits per heavy atom. The summed E-state index contributed by atoms with van der Waals surface area (Å²) in [5, 5.41) is 3.56. The third-order valence-electron chi connectivity index (χ3n) is 2.71. The van der Waals surface area contributed by atoms with Crippen LogP contribution in [0.2, 0.25) is 0 Å². The van der Waals surface area contributed by atoms with Crippen molar-refractivity contribution in [3.63, 3.8) is 0 Å². The fourth-order valence-corrected chi connectivity index (χ4v) is 1.50. The number of hydrogen-bond acceptors (Lipinski definition) is 2. The monoisotopic (exact) mass is 198 g/mol. The van der Waals surface area contributed by atoms with Gasteiger partial charge in [0, 0.05) is 18.6 Å². The molecule has 2 unspecified atom stereocenters. The van der Waals surface area contributed by atoms with E-state index in [-0.39, 0.29) is 0 Å². The van der Waals surface area contributed by atoms with Gasteiger partial charge in [-0.1, -0.05) is 13.0 Å². The molecule has 0 saturated heterocycles. The molecule has 0 aromatic heterocycles. The molecule has 2 nitrogen and oxygen atoms in total. The molecular weight excluding hydrogens is 172 g/mol. The maximum atomic E-state index is 3.74. The molecular formula is C12H26N2. The fourth-order valence-electron chi connectivity index (χ4n) is 1.50. The number of allylic oxidation sites excluding steroid dienone is 1. The molecule has 0 aromatic carbocycles. The Bertz CT molecular complexity index is 143. The van der Waals surface area contributed by atoms with Crippen molar-refractivity contribution in [1.29, 1.82) is 0 Å². The number of nitrogens with zero attached hydrogens (tertiary/aromatic N) is 1. The summed E-state index contributed by atoms with van der Waals surface area (Å²) >= 11 is 0. The predicted molar refractivity (Wildman–Crippen MR) is 64.7 cm³/mol. The van der Waals surface area contributed by atoms with Crippen molar-refractivity contribution >= 4 is 0 Å². The Kier molecular flexibility index (Phi) is 7.81. The molecule has 1 N–H and O–H groups in total. The van der Waals surface area contributed by atoms with Gasteiger partial charge in [-0.3, -0.25) is 0 Å². The Morgan fingerprint density at radius 2 is 2.07 bits per heavy atom. The SMILES string of the molecule is C=CCCC(C)NCC(CC)N(C)C. The van der Waals surface area contributed by atoms with E-state index in [1.807, 2.05) is 6.08 Å². The largest absolute Gasteiger partial charge is 0.313 e. The zero-order chi connectivity index (χ0) is 11.0. The van der Waals surface area contributed by atoms with Crippen molar-refractivity contribution in [3.8, 4) is 0 Å². The molecule has 0 fully saturated rings. The Morgan fingerprint density at radius 3 is 2.50 bits per heavy atom. The highest BCUT2D eigenvalue weighted by molar-refractivity contribution is 4.74. The molecule has 0 aliphatic heterocycles. The second kappa shape index (κ2) is 8.01. The van der Waals surface area contributed by atoms with Crippen LogP contribution in [0, 0.1) is 0 Å². The van der Waals surface area contributed by atoms with Crippen molar-refractivity contribution in [3.05, 3.63) is 12.7 Å². The standard InChI is InChI=1S/C12H26N2/c1-6-8-9-11(3)13-10-12(7-2)14(4)5/h6,11-13H,1,7-10H2,2-5H3. The zero-order valence-electron chi connectivity index (χ0n) is 10.2. The first-order chi connectivity index (χ1) is 6.61. The van der Waals surface area contributed by atoms with Gasteiger partial charge in [0.2, 0.25) is 0 Å². The molecule has 0 aliphatic rings. The van der Waals surface area contributed by atoms with E-state index in [1.54, 1.807) is 0 Å². The van der Waals surface area contributed by atoms with Crippen LogP contribution in [0.5, 0.6) is 0 Å². The lowest BCUT2D eigenvalue weighted by Crippen LogP contribution is -2.40. The topological polar surface area (TPSA) is 15.3 Å². The average molecular weight is 198 g/mol. The van der Waals surface area contributed by atoms with Crippen molar-refractivity contribution in [2.24, 2.45) is 0 Å². The highest BCUT2D eigenvalue weighted by Gasteiger charge is 2.09. The van der Waals surface area contributed by atoms with Crippen molar-refractivity contribution < 1.29 is 0 Å². The normalized spacial score (nSPS) is 15.5. The van der Waals surface area contributed by atoms with E-state index >= 15 is 0 Å². The minimum atomic E-state index is 0.599. The molecule has 0 amide bonds. The van der Waals surface area contributed by atoms with E-state index in [0.717, 1.165) is 13.0 Å². The van der Waals surface area contributed by atoms with Gasteiger partial charge in [0.15, 0.2) is 0 Å². The number of likely N-dealkylation sites (N-methyl/N-ethyl adjacent to an activating group) is 1. The van der Waals surface area contributed by atoms with Crippen LogP contribution in [0.15, 0.2) is 12.7 Å². The highest BCUT2D eigenvalue weighted by atomic mass is 15.1. The van der Waals surface area contributed by atoms with E-state index < -0.39 is 0 Å². The van der Waals surface area contributed by atoms with Gasteiger partial charge in [-0.2, -0.15) is 0 Å². The Balaban J connectivity index is 3.62. The van der Waals surface area contributed by atoms with E-state index in [9.17, 15) is 0 Å². The van der Waals surface area contributed by atoms with Crippen LogP contribution >= 0.6 is 0 Å². The maximum Gasteiger partial charge on any atom is 0.0212 e. The van der Waals surface area contributed by atoms with Crippen LogP contribution in [-0.2, 0) is 0 Å². The summed E-state index contributed by atoms with van der Waals surface area (Å²) in [5.41, 5.74) is 0. The van der Waals surface area contributed by atoms with Crippen LogP contribution in [0.1, 0.15) is 33.1 Å². The lowest BCUT2D eigenvalue weighted by atomic mass is 10.1. The van der Waals surface area contributed by atoms with Gasteiger partial charge in [-0.15, -0.1) is 6.58 Å². The molecule has 14 heavy (non-hydrogen) atoms. The maximum absolute atomic E-state index is 3.74. The predicted octanol–water partition coefficient (Wildman–Crippen LogP) is 2.27. The summed E-state index contributed by atoms with van der Waals surface area (Å²) in [7, 11) is 4.29. The van der Waals surface area contributed by atoms with Gasteiger partial charge in [0.1, 0.15) is 0 Å². The van der Waals surface area contributed by atoms with Crippen LogP contribution in [-0.4, -0.2) is 37.6 Å². The zero-order valence-corrected chi connectivity index (χ0v) is 10.2. The lowest BCUT2D eigenvalue weighted by Gasteiger charge is -2.25. The number of hydrogen-bond donors (Lipinski definition) is 1. The van der Waals surface area contributed by atoms with Gasteiger partial charge >= 0.3 is 0 Å². The fraction of sp³-hybridized carbons (Fsp3) is 0.833. The van der Waals surface area contributed by atoms with Crippen molar-refractivity contribution in [2.75, 3.05) is 20.6 Å². The summed E-state index contributed by atoms with van der Waals surface area (Å²) in [6, 6.07) is 1.25. The molecule has 0 saturated carbocycles. The second-order valence-corrected chi connectivity index (χ2v) is 4.20. The van der Waals surface area contributed by atoms with Crippen molar-refractivity contribution in [2.45, 2.75) is 45.2 Å². The quantitative estimate of drug-likeness (QED) is 0.602. The van der Waals surface area contributed by atoms with Gasteiger partial charge in [0.05, 0.1) is 0 Å².